The van der Waals surface area contributed by atoms with Gasteiger partial charge in [-0.25, -0.2) is 19.2 Å². The summed E-state index contributed by atoms with van der Waals surface area (Å²) >= 11 is 0. The van der Waals surface area contributed by atoms with Gasteiger partial charge in [0.2, 0.25) is 0 Å². The highest BCUT2D eigenvalue weighted by Crippen LogP contribution is 2.32. The van der Waals surface area contributed by atoms with Crippen LogP contribution in [0.3, 0.4) is 0 Å². The van der Waals surface area contributed by atoms with Crippen LogP contribution >= 0.6 is 0 Å². The third kappa shape index (κ3) is 11.8. The van der Waals surface area contributed by atoms with Gasteiger partial charge in [0.25, 0.3) is 5.72 Å². The Bertz CT molecular complexity index is 1040. The van der Waals surface area contributed by atoms with Crippen LogP contribution in [0.5, 0.6) is 11.5 Å². The third-order valence-corrected chi connectivity index (χ3v) is 6.32. The maximum absolute atomic E-state index is 12.6. The van der Waals surface area contributed by atoms with Crippen molar-refractivity contribution in [1.82, 2.24) is 5.32 Å². The summed E-state index contributed by atoms with van der Waals surface area (Å²) in [6.07, 6.45) is -4.62. The van der Waals surface area contributed by atoms with Gasteiger partial charge in [-0.1, -0.05) is 40.7 Å². The molecule has 0 aliphatic carbocycles. The Balaban J connectivity index is 3.48. The maximum atomic E-state index is 12.6. The van der Waals surface area contributed by atoms with Crippen LogP contribution in [0.2, 0.25) is 0 Å². The van der Waals surface area contributed by atoms with Crippen LogP contribution in [0.15, 0.2) is 18.2 Å². The largest absolute Gasteiger partial charge is 0.514 e. The number of carboxylic acids is 1. The summed E-state index contributed by atoms with van der Waals surface area (Å²) in [5.41, 5.74) is -1.98. The van der Waals surface area contributed by atoms with Crippen LogP contribution in [-0.4, -0.2) is 59.6 Å². The molecular formula is C29H45NO11. The number of carbonyl (C=O) groups is 4. The van der Waals surface area contributed by atoms with Gasteiger partial charge in [-0.15, -0.1) is 0 Å². The second-order valence-electron chi connectivity index (χ2n) is 10.9. The highest BCUT2D eigenvalue weighted by Gasteiger charge is 2.45. The molecule has 1 aromatic carbocycles. The molecule has 232 valence electrons. The highest BCUT2D eigenvalue weighted by atomic mass is 16.8. The Labute approximate surface area is 241 Å². The molecule has 0 fully saturated rings. The van der Waals surface area contributed by atoms with Gasteiger partial charge in [-0.2, -0.15) is 0 Å². The number of ether oxygens (including phenoxy) is 6. The third-order valence-electron chi connectivity index (χ3n) is 6.32. The average Bonchev–Trinajstić information content (AvgIpc) is 2.84. The molecule has 0 aliphatic rings. The predicted molar refractivity (Wildman–Crippen MR) is 149 cm³/mol. The summed E-state index contributed by atoms with van der Waals surface area (Å²) in [4.78, 5) is 49.9. The lowest BCUT2D eigenvalue weighted by atomic mass is 10.00. The first-order chi connectivity index (χ1) is 19.0. The maximum Gasteiger partial charge on any atom is 0.514 e. The van der Waals surface area contributed by atoms with Crippen LogP contribution in [0.1, 0.15) is 81.2 Å². The number of carbonyl (C=O) groups excluding carboxylic acids is 3. The Hall–Kier alpha value is -3.54. The van der Waals surface area contributed by atoms with E-state index in [1.165, 1.54) is 18.2 Å². The van der Waals surface area contributed by atoms with Crippen LogP contribution < -0.4 is 14.8 Å². The topological polar surface area (TPSA) is 156 Å². The van der Waals surface area contributed by atoms with Crippen molar-refractivity contribution < 1.29 is 52.7 Å². The van der Waals surface area contributed by atoms with Gasteiger partial charge in [-0.3, -0.25) is 5.32 Å². The first-order valence-corrected chi connectivity index (χ1v) is 13.8. The molecular weight excluding hydrogens is 538 g/mol. The Morgan fingerprint density at radius 1 is 0.780 bits per heavy atom. The summed E-state index contributed by atoms with van der Waals surface area (Å²) in [5, 5.41) is 13.0. The molecule has 12 nitrogen and oxygen atoms in total. The second kappa shape index (κ2) is 16.0. The van der Waals surface area contributed by atoms with Crippen LogP contribution in [0, 0.1) is 11.8 Å². The van der Waals surface area contributed by atoms with Crippen molar-refractivity contribution in [3.05, 3.63) is 23.8 Å². The number of aliphatic carboxylic acids is 1. The Kier molecular flexibility index (Phi) is 13.9. The molecule has 12 heteroatoms. The lowest BCUT2D eigenvalue weighted by Crippen LogP contribution is -2.59. The van der Waals surface area contributed by atoms with E-state index >= 15 is 0 Å². The van der Waals surface area contributed by atoms with E-state index in [4.69, 9.17) is 28.4 Å². The molecule has 0 amide bonds. The van der Waals surface area contributed by atoms with Crippen molar-refractivity contribution in [2.24, 2.45) is 11.8 Å². The fourth-order valence-electron chi connectivity index (χ4n) is 3.07. The SMILES string of the molecule is CCC(C)N[C@@](Cc1ccc(OC(=O)OC(C)C(C)C)c(OC(=O)OC(C)C(C)C)c1)(OC(=O)OC(C)C)C(=O)O. The fourth-order valence-corrected chi connectivity index (χ4v) is 3.07. The summed E-state index contributed by atoms with van der Waals surface area (Å²) in [5.74, 6) is -1.84. The summed E-state index contributed by atoms with van der Waals surface area (Å²) in [6.45, 7) is 17.6. The zero-order valence-electron chi connectivity index (χ0n) is 25.6. The van der Waals surface area contributed by atoms with E-state index in [1.54, 1.807) is 34.6 Å². The molecule has 0 saturated carbocycles. The van der Waals surface area contributed by atoms with E-state index in [-0.39, 0.29) is 34.9 Å². The van der Waals surface area contributed by atoms with E-state index in [2.05, 4.69) is 5.32 Å². The van der Waals surface area contributed by atoms with Gasteiger partial charge in [-0.05, 0) is 70.6 Å². The molecule has 0 saturated heterocycles. The molecule has 3 unspecified atom stereocenters. The first kappa shape index (κ1) is 35.5. The minimum atomic E-state index is -2.24. The second-order valence-corrected chi connectivity index (χ2v) is 10.9. The lowest BCUT2D eigenvalue weighted by Gasteiger charge is -2.32. The molecule has 4 atom stereocenters. The number of benzene rings is 1. The Morgan fingerprint density at radius 2 is 1.29 bits per heavy atom. The van der Waals surface area contributed by atoms with E-state index in [0.29, 0.717) is 6.42 Å². The van der Waals surface area contributed by atoms with Crippen LogP contribution in [0.25, 0.3) is 0 Å². The monoisotopic (exact) mass is 583 g/mol. The van der Waals surface area contributed by atoms with Crippen molar-refractivity contribution in [3.8, 4) is 11.5 Å². The van der Waals surface area contributed by atoms with E-state index in [0.717, 1.165) is 0 Å². The molecule has 0 aromatic heterocycles. The van der Waals surface area contributed by atoms with Gasteiger partial charge in [0.1, 0.15) is 12.2 Å². The first-order valence-electron chi connectivity index (χ1n) is 13.8. The molecule has 1 aromatic rings. The number of nitrogens with one attached hydrogen (secondary N) is 1. The minimum Gasteiger partial charge on any atom is -0.477 e. The van der Waals surface area contributed by atoms with E-state index < -0.39 is 54.9 Å². The molecule has 41 heavy (non-hydrogen) atoms. The van der Waals surface area contributed by atoms with Crippen molar-refractivity contribution in [2.75, 3.05) is 0 Å². The molecule has 0 radical (unpaired) electrons. The number of hydrogen-bond donors (Lipinski definition) is 2. The van der Waals surface area contributed by atoms with Crippen molar-refractivity contribution in [1.29, 1.82) is 0 Å². The standard InChI is InChI=1S/C29H45NO11/c1-11-19(8)30-29(25(31)32,41-28(35)36-18(6)7)15-22-12-13-23(39-26(33)37-20(9)16(2)3)24(14-22)40-27(34)38-21(10)17(4)5/h12-14,16-21,30H,11,15H2,1-10H3,(H,31,32)/t19?,20?,21?,29-/m0/s1. The Morgan fingerprint density at radius 3 is 1.73 bits per heavy atom. The number of rotatable bonds is 14. The summed E-state index contributed by atoms with van der Waals surface area (Å²) in [7, 11) is 0. The summed E-state index contributed by atoms with van der Waals surface area (Å²) < 4.78 is 31.6. The minimum absolute atomic E-state index is 0.00246. The van der Waals surface area contributed by atoms with Gasteiger partial charge in [0.05, 0.1) is 6.10 Å². The van der Waals surface area contributed by atoms with Crippen LogP contribution in [0.4, 0.5) is 14.4 Å². The number of carboxylic acid groups (broad SMARTS) is 1. The molecule has 2 N–H and O–H groups in total. The molecule has 0 heterocycles. The zero-order chi connectivity index (χ0) is 31.5. The fraction of sp³-hybridized carbons (Fsp3) is 0.655. The van der Waals surface area contributed by atoms with Gasteiger partial charge < -0.3 is 33.5 Å². The van der Waals surface area contributed by atoms with Crippen molar-refractivity contribution in [2.45, 2.75) is 112 Å². The van der Waals surface area contributed by atoms with E-state index in [9.17, 15) is 24.3 Å². The quantitative estimate of drug-likeness (QED) is 0.113. The number of hydrogen-bond acceptors (Lipinski definition) is 11. The van der Waals surface area contributed by atoms with Gasteiger partial charge >= 0.3 is 24.4 Å². The smallest absolute Gasteiger partial charge is 0.477 e. The lowest BCUT2D eigenvalue weighted by molar-refractivity contribution is -0.167. The molecule has 0 aliphatic heterocycles. The predicted octanol–water partition coefficient (Wildman–Crippen LogP) is 6.08. The van der Waals surface area contributed by atoms with Crippen molar-refractivity contribution >= 4 is 24.4 Å². The van der Waals surface area contributed by atoms with Gasteiger partial charge in [0.15, 0.2) is 11.5 Å². The van der Waals surface area contributed by atoms with Crippen LogP contribution in [-0.2, 0) is 30.2 Å². The van der Waals surface area contributed by atoms with Gasteiger partial charge in [0, 0.05) is 12.5 Å². The zero-order valence-corrected chi connectivity index (χ0v) is 25.6. The molecule has 1 rings (SSSR count). The molecule has 0 spiro atoms. The van der Waals surface area contributed by atoms with E-state index in [1.807, 2.05) is 34.6 Å². The average molecular weight is 584 g/mol. The highest BCUT2D eigenvalue weighted by molar-refractivity contribution is 5.80. The van der Waals surface area contributed by atoms with Crippen molar-refractivity contribution in [3.63, 3.8) is 0 Å². The normalized spacial score (nSPS) is 15.0. The summed E-state index contributed by atoms with van der Waals surface area (Å²) in [6, 6.07) is 3.67. The molecule has 0 bridgehead atoms.